The first-order valence-corrected chi connectivity index (χ1v) is 21.8. The van der Waals surface area contributed by atoms with Crippen LogP contribution in [0.4, 0.5) is 10.5 Å². The number of aryl methyl sites for hydroxylation is 1. The average Bonchev–Trinajstić information content (AvgIpc) is 3.96. The molecule has 0 aliphatic carbocycles. The van der Waals surface area contributed by atoms with Crippen molar-refractivity contribution in [1.29, 1.82) is 0 Å². The van der Waals surface area contributed by atoms with Gasteiger partial charge in [-0.15, -0.1) is 5.10 Å². The van der Waals surface area contributed by atoms with E-state index in [0.717, 1.165) is 98.5 Å². The number of benzene rings is 7. The van der Waals surface area contributed by atoms with E-state index < -0.39 is 5.54 Å². The molecule has 2 aromatic heterocycles. The molecule has 0 bridgehead atoms. The van der Waals surface area contributed by atoms with Gasteiger partial charge >= 0.3 is 6.03 Å². The Labute approximate surface area is 367 Å². The van der Waals surface area contributed by atoms with Gasteiger partial charge in [0.1, 0.15) is 11.4 Å². The van der Waals surface area contributed by atoms with Crippen LogP contribution in [0, 0.1) is 6.92 Å². The van der Waals surface area contributed by atoms with Crippen molar-refractivity contribution in [2.45, 2.75) is 45.2 Å². The molecule has 0 radical (unpaired) electrons. The van der Waals surface area contributed by atoms with Gasteiger partial charge in [0.15, 0.2) is 5.82 Å². The van der Waals surface area contributed by atoms with Crippen LogP contribution < -0.4 is 4.90 Å². The molecule has 9 nitrogen and oxygen atoms in total. The molecule has 0 N–H and O–H groups in total. The summed E-state index contributed by atoms with van der Waals surface area (Å²) in [6, 6.07) is 62.9. The molecule has 7 aromatic carbocycles. The first kappa shape index (κ1) is 39.5. The van der Waals surface area contributed by atoms with Crippen molar-refractivity contribution < 1.29 is 4.79 Å². The van der Waals surface area contributed by atoms with Gasteiger partial charge in [-0.25, -0.2) is 14.5 Å². The molecule has 1 fully saturated rings. The zero-order valence-electron chi connectivity index (χ0n) is 35.5. The molecule has 1 saturated heterocycles. The SMILES string of the molecule is CCCc1nc2ccc(N3CCCN(Cc4ccccc4)C3=O)cc2n1-c1ccc(-c2ccccc2)c(-c2nnnn2C(c2ccccc2)(c2ccccc2)c2ccccc2)c1C. The molecule has 0 unspecified atom stereocenters. The quantitative estimate of drug-likeness (QED) is 0.115. The van der Waals surface area contributed by atoms with Crippen LogP contribution in [0.5, 0.6) is 0 Å². The van der Waals surface area contributed by atoms with Crippen LogP contribution in [-0.2, 0) is 18.5 Å². The first-order valence-electron chi connectivity index (χ1n) is 21.8. The first-order chi connectivity index (χ1) is 31.1. The zero-order valence-corrected chi connectivity index (χ0v) is 35.5. The Hall–Kier alpha value is -7.65. The van der Waals surface area contributed by atoms with Crippen molar-refractivity contribution >= 4 is 22.8 Å². The fourth-order valence-electron chi connectivity index (χ4n) is 9.48. The summed E-state index contributed by atoms with van der Waals surface area (Å²) < 4.78 is 4.31. The number of fused-ring (bicyclic) bond motifs is 1. The third-order valence-corrected chi connectivity index (χ3v) is 12.4. The molecular formula is C54H48N8O. The summed E-state index contributed by atoms with van der Waals surface area (Å²) in [7, 11) is 0. The zero-order chi connectivity index (χ0) is 42.8. The summed E-state index contributed by atoms with van der Waals surface area (Å²) in [6.45, 7) is 6.30. The lowest BCUT2D eigenvalue weighted by molar-refractivity contribution is 0.192. The number of urea groups is 1. The lowest BCUT2D eigenvalue weighted by atomic mass is 9.76. The molecule has 0 atom stereocenters. The maximum atomic E-state index is 14.2. The summed E-state index contributed by atoms with van der Waals surface area (Å²) in [5.74, 6) is 1.58. The highest BCUT2D eigenvalue weighted by Crippen LogP contribution is 2.45. The molecule has 9 heteroatoms. The number of anilines is 1. The molecule has 0 saturated carbocycles. The molecule has 1 aliphatic heterocycles. The van der Waals surface area contributed by atoms with Crippen molar-refractivity contribution in [3.63, 3.8) is 0 Å². The minimum absolute atomic E-state index is 0.0144. The molecular weight excluding hydrogens is 777 g/mol. The second-order valence-electron chi connectivity index (χ2n) is 16.2. The number of nitrogens with zero attached hydrogens (tertiary/aromatic N) is 8. The molecule has 63 heavy (non-hydrogen) atoms. The van der Waals surface area contributed by atoms with Gasteiger partial charge in [-0.3, -0.25) is 9.47 Å². The van der Waals surface area contributed by atoms with Crippen molar-refractivity contribution in [1.82, 2.24) is 34.7 Å². The van der Waals surface area contributed by atoms with E-state index in [1.807, 2.05) is 63.0 Å². The van der Waals surface area contributed by atoms with E-state index in [2.05, 4.69) is 157 Å². The van der Waals surface area contributed by atoms with Crippen LogP contribution in [0.2, 0.25) is 0 Å². The van der Waals surface area contributed by atoms with Gasteiger partial charge in [-0.05, 0) is 93.4 Å². The van der Waals surface area contributed by atoms with Crippen molar-refractivity contribution in [3.8, 4) is 28.2 Å². The van der Waals surface area contributed by atoms with E-state index in [4.69, 9.17) is 15.3 Å². The number of rotatable bonds is 12. The fourth-order valence-corrected chi connectivity index (χ4v) is 9.48. The predicted octanol–water partition coefficient (Wildman–Crippen LogP) is 11.3. The molecule has 310 valence electrons. The Morgan fingerprint density at radius 2 is 1.27 bits per heavy atom. The third kappa shape index (κ3) is 7.05. The Balaban J connectivity index is 1.19. The van der Waals surface area contributed by atoms with Gasteiger partial charge in [-0.1, -0.05) is 165 Å². The predicted molar refractivity (Wildman–Crippen MR) is 251 cm³/mol. The number of hydrogen-bond donors (Lipinski definition) is 0. The minimum Gasteiger partial charge on any atom is -0.320 e. The summed E-state index contributed by atoms with van der Waals surface area (Å²) in [5, 5.41) is 14.4. The molecule has 10 rings (SSSR count). The second kappa shape index (κ2) is 17.0. The van der Waals surface area contributed by atoms with Gasteiger partial charge in [0.05, 0.1) is 16.7 Å². The van der Waals surface area contributed by atoms with Gasteiger partial charge in [0.2, 0.25) is 0 Å². The van der Waals surface area contributed by atoms with E-state index in [-0.39, 0.29) is 6.03 Å². The summed E-state index contributed by atoms with van der Waals surface area (Å²) >= 11 is 0. The average molecular weight is 825 g/mol. The monoisotopic (exact) mass is 824 g/mol. The third-order valence-electron chi connectivity index (χ3n) is 12.4. The van der Waals surface area contributed by atoms with E-state index in [0.29, 0.717) is 18.9 Å². The van der Waals surface area contributed by atoms with Crippen LogP contribution in [0.1, 0.15) is 53.4 Å². The van der Waals surface area contributed by atoms with Gasteiger partial charge < -0.3 is 4.90 Å². The lowest BCUT2D eigenvalue weighted by Crippen LogP contribution is -2.49. The van der Waals surface area contributed by atoms with E-state index in [1.54, 1.807) is 0 Å². The Morgan fingerprint density at radius 3 is 1.89 bits per heavy atom. The molecule has 0 spiro atoms. The van der Waals surface area contributed by atoms with E-state index >= 15 is 0 Å². The Morgan fingerprint density at radius 1 is 0.667 bits per heavy atom. The summed E-state index contributed by atoms with van der Waals surface area (Å²) in [4.78, 5) is 23.3. The van der Waals surface area contributed by atoms with Crippen LogP contribution >= 0.6 is 0 Å². The standard InChI is InChI=1S/C54H48N8O/c1-3-20-50-55-47-33-31-45(60-36-19-35-59(53(60)63)38-40-21-9-4-10-22-40)37-49(47)61(50)48-34-32-46(41-23-11-5-12-24-41)51(39(48)2)52-56-57-58-62(52)54(42-25-13-6-14-26-42,43-27-15-7-16-28-43)44-29-17-8-18-30-44/h4-18,21-34,37H,3,19-20,35-36,38H2,1-2H3. The fraction of sp³-hybridized carbons (Fsp3) is 0.167. The van der Waals surface area contributed by atoms with Crippen LogP contribution in [0.25, 0.3) is 39.2 Å². The maximum Gasteiger partial charge on any atom is 0.324 e. The Kier molecular flexibility index (Phi) is 10.7. The minimum atomic E-state index is -0.946. The van der Waals surface area contributed by atoms with Crippen LogP contribution in [0.3, 0.4) is 0 Å². The number of imidazole rings is 1. The normalized spacial score (nSPS) is 13.2. The van der Waals surface area contributed by atoms with Crippen molar-refractivity contribution in [3.05, 3.63) is 216 Å². The number of amides is 2. The molecule has 1 aliphatic rings. The van der Waals surface area contributed by atoms with Gasteiger partial charge in [0.25, 0.3) is 0 Å². The molecule has 3 heterocycles. The van der Waals surface area contributed by atoms with E-state index in [9.17, 15) is 4.79 Å². The molecule has 2 amide bonds. The van der Waals surface area contributed by atoms with Gasteiger partial charge in [-0.2, -0.15) is 0 Å². The van der Waals surface area contributed by atoms with E-state index in [1.165, 1.54) is 0 Å². The smallest absolute Gasteiger partial charge is 0.320 e. The largest absolute Gasteiger partial charge is 0.324 e. The van der Waals surface area contributed by atoms with Crippen LogP contribution in [0.15, 0.2) is 182 Å². The summed E-state index contributed by atoms with van der Waals surface area (Å²) in [6.07, 6.45) is 2.56. The second-order valence-corrected chi connectivity index (χ2v) is 16.2. The highest BCUT2D eigenvalue weighted by Gasteiger charge is 2.42. The van der Waals surface area contributed by atoms with Crippen molar-refractivity contribution in [2.75, 3.05) is 18.0 Å². The van der Waals surface area contributed by atoms with Gasteiger partial charge in [0, 0.05) is 37.3 Å². The number of hydrogen-bond acceptors (Lipinski definition) is 5. The number of carbonyl (C=O) groups is 1. The summed E-state index contributed by atoms with van der Waals surface area (Å²) in [5.41, 5.74) is 10.9. The Bertz CT molecular complexity index is 2910. The maximum absolute atomic E-state index is 14.2. The topological polar surface area (TPSA) is 85.0 Å². The highest BCUT2D eigenvalue weighted by atomic mass is 16.2. The van der Waals surface area contributed by atoms with Crippen LogP contribution in [-0.4, -0.2) is 53.8 Å². The lowest BCUT2D eigenvalue weighted by Gasteiger charge is -2.36. The van der Waals surface area contributed by atoms with Crippen molar-refractivity contribution in [2.24, 2.45) is 0 Å². The number of carbonyl (C=O) groups excluding carboxylic acids is 1. The number of aromatic nitrogens is 6. The highest BCUT2D eigenvalue weighted by molar-refractivity contribution is 5.95. The molecule has 9 aromatic rings. The number of tetrazole rings is 1.